The highest BCUT2D eigenvalue weighted by Crippen LogP contribution is 2.27. The van der Waals surface area contributed by atoms with E-state index < -0.39 is 0 Å². The van der Waals surface area contributed by atoms with Crippen molar-refractivity contribution in [2.75, 3.05) is 39.3 Å². The molecule has 0 spiro atoms. The quantitative estimate of drug-likeness (QED) is 0.779. The third kappa shape index (κ3) is 5.44. The molecule has 0 aliphatic carbocycles. The Morgan fingerprint density at radius 2 is 1.48 bits per heavy atom. The molecule has 0 unspecified atom stereocenters. The lowest BCUT2D eigenvalue weighted by molar-refractivity contribution is -0.142. The van der Waals surface area contributed by atoms with E-state index >= 15 is 0 Å². The van der Waals surface area contributed by atoms with Gasteiger partial charge in [-0.2, -0.15) is 0 Å². The maximum absolute atomic E-state index is 12.7. The molecule has 2 aromatic rings. The molecule has 2 aliphatic heterocycles. The number of urea groups is 1. The second-order valence-electron chi connectivity index (χ2n) is 8.21. The summed E-state index contributed by atoms with van der Waals surface area (Å²) in [5.41, 5.74) is 2.51. The van der Waals surface area contributed by atoms with E-state index in [1.165, 1.54) is 11.1 Å². The van der Waals surface area contributed by atoms with Gasteiger partial charge in [0.05, 0.1) is 0 Å². The van der Waals surface area contributed by atoms with Gasteiger partial charge < -0.3 is 19.9 Å². The number of benzene rings is 2. The molecule has 3 amide bonds. The third-order valence-electron chi connectivity index (χ3n) is 6.20. The summed E-state index contributed by atoms with van der Waals surface area (Å²) in [6.07, 6.45) is 2.31. The molecular weight excluding hydrogens is 390 g/mol. The minimum Gasteiger partial charge on any atom is -0.368 e. The Balaban J connectivity index is 1.27. The first kappa shape index (κ1) is 21.4. The molecule has 31 heavy (non-hydrogen) atoms. The van der Waals surface area contributed by atoms with E-state index in [-0.39, 0.29) is 24.0 Å². The molecule has 6 heteroatoms. The van der Waals surface area contributed by atoms with Crippen molar-refractivity contribution in [2.45, 2.75) is 31.3 Å². The molecule has 2 aromatic carbocycles. The molecule has 2 aliphatic rings. The molecule has 164 valence electrons. The van der Waals surface area contributed by atoms with E-state index in [0.29, 0.717) is 39.3 Å². The molecule has 6 nitrogen and oxygen atoms in total. The van der Waals surface area contributed by atoms with E-state index in [4.69, 9.17) is 4.74 Å². The summed E-state index contributed by atoms with van der Waals surface area (Å²) in [6, 6.07) is 20.8. The average Bonchev–Trinajstić information content (AvgIpc) is 3.37. The maximum Gasteiger partial charge on any atom is 0.317 e. The number of amides is 3. The molecule has 2 fully saturated rings. The fraction of sp³-hybridized carbons (Fsp3) is 0.440. The Labute approximate surface area is 184 Å². The number of rotatable bonds is 6. The minimum atomic E-state index is -0.284. The van der Waals surface area contributed by atoms with Gasteiger partial charge in [0.25, 0.3) is 5.91 Å². The Hall–Kier alpha value is -2.86. The number of nitrogens with zero attached hydrogens (tertiary/aromatic N) is 2. The Morgan fingerprint density at radius 1 is 0.903 bits per heavy atom. The first-order valence-electron chi connectivity index (χ1n) is 11.3. The van der Waals surface area contributed by atoms with Crippen LogP contribution in [0, 0.1) is 0 Å². The molecule has 2 saturated heterocycles. The van der Waals surface area contributed by atoms with Gasteiger partial charge in [-0.15, -0.1) is 0 Å². The number of carbonyl (C=O) groups excluding carboxylic acids is 2. The second kappa shape index (κ2) is 10.4. The summed E-state index contributed by atoms with van der Waals surface area (Å²) in [6.45, 7) is 3.54. The largest absolute Gasteiger partial charge is 0.368 e. The summed E-state index contributed by atoms with van der Waals surface area (Å²) >= 11 is 0. The summed E-state index contributed by atoms with van der Waals surface area (Å²) in [7, 11) is 0. The normalized spacial score (nSPS) is 18.9. The van der Waals surface area contributed by atoms with Crippen LogP contribution in [0.3, 0.4) is 0 Å². The van der Waals surface area contributed by atoms with E-state index in [0.717, 1.165) is 19.3 Å². The predicted octanol–water partition coefficient (Wildman–Crippen LogP) is 3.24. The molecule has 0 aromatic heterocycles. The van der Waals surface area contributed by atoms with Crippen molar-refractivity contribution in [1.29, 1.82) is 0 Å². The molecule has 4 rings (SSSR count). The van der Waals surface area contributed by atoms with Gasteiger partial charge in [-0.1, -0.05) is 60.7 Å². The van der Waals surface area contributed by atoms with Crippen molar-refractivity contribution in [3.05, 3.63) is 71.8 Å². The van der Waals surface area contributed by atoms with E-state index in [1.54, 1.807) is 4.90 Å². The molecule has 0 radical (unpaired) electrons. The van der Waals surface area contributed by atoms with Crippen LogP contribution in [0.25, 0.3) is 0 Å². The number of hydrogen-bond acceptors (Lipinski definition) is 3. The van der Waals surface area contributed by atoms with Gasteiger partial charge >= 0.3 is 6.03 Å². The predicted molar refractivity (Wildman–Crippen MR) is 120 cm³/mol. The van der Waals surface area contributed by atoms with E-state index in [2.05, 4.69) is 53.8 Å². The van der Waals surface area contributed by atoms with Crippen LogP contribution in [0.15, 0.2) is 60.7 Å². The van der Waals surface area contributed by atoms with Gasteiger partial charge in [0.1, 0.15) is 6.10 Å². The highest BCUT2D eigenvalue weighted by Gasteiger charge is 2.31. The zero-order chi connectivity index (χ0) is 21.5. The van der Waals surface area contributed by atoms with E-state index in [1.807, 2.05) is 17.0 Å². The number of nitrogens with one attached hydrogen (secondary N) is 1. The monoisotopic (exact) mass is 421 g/mol. The van der Waals surface area contributed by atoms with Gasteiger partial charge in [-0.25, -0.2) is 4.79 Å². The first-order valence-corrected chi connectivity index (χ1v) is 11.3. The highest BCUT2D eigenvalue weighted by molar-refractivity contribution is 5.81. The van der Waals surface area contributed by atoms with Crippen molar-refractivity contribution < 1.29 is 14.3 Å². The van der Waals surface area contributed by atoms with Crippen molar-refractivity contribution in [3.63, 3.8) is 0 Å². The fourth-order valence-electron chi connectivity index (χ4n) is 4.44. The molecule has 2 heterocycles. The lowest BCUT2D eigenvalue weighted by Gasteiger charge is -2.35. The molecule has 0 bridgehead atoms. The Morgan fingerprint density at radius 3 is 2.03 bits per heavy atom. The van der Waals surface area contributed by atoms with Gasteiger partial charge in [0.15, 0.2) is 0 Å². The summed E-state index contributed by atoms with van der Waals surface area (Å²) in [4.78, 5) is 28.8. The van der Waals surface area contributed by atoms with Crippen LogP contribution in [-0.2, 0) is 9.53 Å². The Kier molecular flexibility index (Phi) is 7.20. The van der Waals surface area contributed by atoms with E-state index in [9.17, 15) is 9.59 Å². The van der Waals surface area contributed by atoms with Gasteiger partial charge in [-0.3, -0.25) is 4.79 Å². The number of ether oxygens (including phenoxy) is 1. The average molecular weight is 422 g/mol. The third-order valence-corrected chi connectivity index (χ3v) is 6.20. The number of piperazine rings is 1. The minimum absolute atomic E-state index is 0.0518. The SMILES string of the molecule is O=C(NCCC(c1ccccc1)c1ccccc1)N1CCN(C(=O)[C@@H]2CCCO2)CC1. The van der Waals surface area contributed by atoms with Crippen LogP contribution >= 0.6 is 0 Å². The molecule has 1 N–H and O–H groups in total. The summed E-state index contributed by atoms with van der Waals surface area (Å²) in [5, 5.41) is 3.08. The molecule has 1 atom stereocenters. The fourth-order valence-corrected chi connectivity index (χ4v) is 4.44. The van der Waals surface area contributed by atoms with Crippen LogP contribution < -0.4 is 5.32 Å². The van der Waals surface area contributed by atoms with Crippen LogP contribution in [0.5, 0.6) is 0 Å². The lowest BCUT2D eigenvalue weighted by Crippen LogP contribution is -2.54. The summed E-state index contributed by atoms with van der Waals surface area (Å²) in [5.74, 6) is 0.315. The zero-order valence-corrected chi connectivity index (χ0v) is 17.9. The van der Waals surface area contributed by atoms with Crippen LogP contribution in [0.2, 0.25) is 0 Å². The molecule has 0 saturated carbocycles. The number of hydrogen-bond donors (Lipinski definition) is 1. The molecular formula is C25H31N3O3. The van der Waals surface area contributed by atoms with Gasteiger partial charge in [0, 0.05) is 45.2 Å². The number of carbonyl (C=O) groups is 2. The highest BCUT2D eigenvalue weighted by atomic mass is 16.5. The topological polar surface area (TPSA) is 61.9 Å². The van der Waals surface area contributed by atoms with Crippen molar-refractivity contribution >= 4 is 11.9 Å². The Bertz CT molecular complexity index is 805. The maximum atomic E-state index is 12.7. The van der Waals surface area contributed by atoms with Crippen molar-refractivity contribution in [2.24, 2.45) is 0 Å². The first-order chi connectivity index (χ1) is 15.2. The van der Waals surface area contributed by atoms with Crippen LogP contribution in [0.4, 0.5) is 4.79 Å². The van der Waals surface area contributed by atoms with Crippen LogP contribution in [-0.4, -0.2) is 67.2 Å². The van der Waals surface area contributed by atoms with Gasteiger partial charge in [-0.05, 0) is 30.4 Å². The lowest BCUT2D eigenvalue weighted by atomic mass is 9.88. The van der Waals surface area contributed by atoms with Gasteiger partial charge in [0.2, 0.25) is 0 Å². The van der Waals surface area contributed by atoms with Crippen molar-refractivity contribution in [3.8, 4) is 0 Å². The standard InChI is InChI=1S/C25H31N3O3/c29-24(23-12-7-19-31-23)27-15-17-28(18-16-27)25(30)26-14-13-22(20-8-3-1-4-9-20)21-10-5-2-6-11-21/h1-6,8-11,22-23H,7,12-19H2,(H,26,30)/t23-/m0/s1. The van der Waals surface area contributed by atoms with Crippen LogP contribution in [0.1, 0.15) is 36.3 Å². The second-order valence-corrected chi connectivity index (χ2v) is 8.21. The summed E-state index contributed by atoms with van der Waals surface area (Å²) < 4.78 is 5.51. The smallest absolute Gasteiger partial charge is 0.317 e. The zero-order valence-electron chi connectivity index (χ0n) is 17.9. The van der Waals surface area contributed by atoms with Crippen molar-refractivity contribution in [1.82, 2.24) is 15.1 Å².